The normalized spacial score (nSPS) is 24.5. The molecule has 2 atom stereocenters. The summed E-state index contributed by atoms with van der Waals surface area (Å²) < 4.78 is 5.81. The van der Waals surface area contributed by atoms with Gasteiger partial charge in [-0.25, -0.2) is 4.98 Å². The van der Waals surface area contributed by atoms with Crippen LogP contribution in [-0.2, 0) is 0 Å². The van der Waals surface area contributed by atoms with Gasteiger partial charge in [-0.05, 0) is 51.9 Å². The number of hydrogen-bond donors (Lipinski definition) is 1. The first-order valence-corrected chi connectivity index (χ1v) is 7.13. The van der Waals surface area contributed by atoms with Gasteiger partial charge in [-0.15, -0.1) is 0 Å². The third-order valence-corrected chi connectivity index (χ3v) is 3.56. The van der Waals surface area contributed by atoms with E-state index in [2.05, 4.69) is 29.2 Å². The molecule has 0 saturated carbocycles. The summed E-state index contributed by atoms with van der Waals surface area (Å²) in [4.78, 5) is 6.81. The standard InChI is InChI=1S/C15H25N3O/c1-11(2)19-14-6-5-8-16-15(14)17-13-7-9-18(4)10-12(13)3/h5-6,8,11-13H,7,9-10H2,1-4H3,(H,16,17). The molecule has 1 aliphatic rings. The molecule has 1 aromatic heterocycles. The zero-order valence-electron chi connectivity index (χ0n) is 12.4. The highest BCUT2D eigenvalue weighted by molar-refractivity contribution is 5.50. The van der Waals surface area contributed by atoms with Crippen LogP contribution in [0.25, 0.3) is 0 Å². The summed E-state index contributed by atoms with van der Waals surface area (Å²) in [6, 6.07) is 4.37. The second-order valence-electron chi connectivity index (χ2n) is 5.80. The van der Waals surface area contributed by atoms with Crippen LogP contribution < -0.4 is 10.1 Å². The molecule has 2 rings (SSSR count). The van der Waals surface area contributed by atoms with E-state index in [9.17, 15) is 0 Å². The molecule has 1 N–H and O–H groups in total. The monoisotopic (exact) mass is 263 g/mol. The third-order valence-electron chi connectivity index (χ3n) is 3.56. The number of aromatic nitrogens is 1. The number of piperidine rings is 1. The Morgan fingerprint density at radius 2 is 2.26 bits per heavy atom. The second kappa shape index (κ2) is 6.24. The fourth-order valence-electron chi connectivity index (χ4n) is 2.59. The largest absolute Gasteiger partial charge is 0.487 e. The Kier molecular flexibility index (Phi) is 4.64. The molecule has 1 fully saturated rings. The van der Waals surface area contributed by atoms with Gasteiger partial charge in [-0.3, -0.25) is 0 Å². The van der Waals surface area contributed by atoms with Gasteiger partial charge >= 0.3 is 0 Å². The van der Waals surface area contributed by atoms with Crippen LogP contribution in [0.2, 0.25) is 0 Å². The van der Waals surface area contributed by atoms with Gasteiger partial charge < -0.3 is 15.0 Å². The Bertz CT molecular complexity index is 408. The van der Waals surface area contributed by atoms with E-state index < -0.39 is 0 Å². The molecule has 1 aromatic rings. The quantitative estimate of drug-likeness (QED) is 0.906. The predicted octanol–water partition coefficient (Wildman–Crippen LogP) is 2.62. The topological polar surface area (TPSA) is 37.4 Å². The number of rotatable bonds is 4. The summed E-state index contributed by atoms with van der Waals surface area (Å²) in [6.45, 7) is 8.63. The van der Waals surface area contributed by atoms with Gasteiger partial charge in [-0.1, -0.05) is 6.92 Å². The van der Waals surface area contributed by atoms with Crippen molar-refractivity contribution in [3.63, 3.8) is 0 Å². The van der Waals surface area contributed by atoms with Crippen molar-refractivity contribution in [2.24, 2.45) is 5.92 Å². The Morgan fingerprint density at radius 3 is 2.95 bits per heavy atom. The first kappa shape index (κ1) is 14.1. The van der Waals surface area contributed by atoms with Crippen LogP contribution in [0.4, 0.5) is 5.82 Å². The number of likely N-dealkylation sites (tertiary alicyclic amines) is 1. The Labute approximate surface area is 116 Å². The van der Waals surface area contributed by atoms with E-state index in [1.54, 1.807) is 0 Å². The lowest BCUT2D eigenvalue weighted by Crippen LogP contribution is -2.43. The lowest BCUT2D eigenvalue weighted by Gasteiger charge is -2.35. The first-order valence-electron chi connectivity index (χ1n) is 7.13. The summed E-state index contributed by atoms with van der Waals surface area (Å²) >= 11 is 0. The number of nitrogens with one attached hydrogen (secondary N) is 1. The summed E-state index contributed by atoms with van der Waals surface area (Å²) in [7, 11) is 2.18. The molecule has 0 bridgehead atoms. The van der Waals surface area contributed by atoms with E-state index in [1.807, 2.05) is 32.2 Å². The lowest BCUT2D eigenvalue weighted by molar-refractivity contribution is 0.204. The Balaban J connectivity index is 2.06. The first-order chi connectivity index (χ1) is 9.06. The molecule has 0 aliphatic carbocycles. The van der Waals surface area contributed by atoms with Gasteiger partial charge in [0.2, 0.25) is 0 Å². The molecule has 0 spiro atoms. The average Bonchev–Trinajstić information content (AvgIpc) is 2.34. The van der Waals surface area contributed by atoms with Crippen LogP contribution in [0.3, 0.4) is 0 Å². The fraction of sp³-hybridized carbons (Fsp3) is 0.667. The van der Waals surface area contributed by atoms with Crippen molar-refractivity contribution >= 4 is 5.82 Å². The smallest absolute Gasteiger partial charge is 0.168 e. The maximum Gasteiger partial charge on any atom is 0.168 e. The van der Waals surface area contributed by atoms with Crippen molar-refractivity contribution in [3.8, 4) is 5.75 Å². The minimum Gasteiger partial charge on any atom is -0.487 e. The highest BCUT2D eigenvalue weighted by Gasteiger charge is 2.25. The zero-order valence-corrected chi connectivity index (χ0v) is 12.4. The van der Waals surface area contributed by atoms with Crippen LogP contribution in [-0.4, -0.2) is 42.2 Å². The van der Waals surface area contributed by atoms with Gasteiger partial charge in [0.15, 0.2) is 11.6 Å². The average molecular weight is 263 g/mol. The molecule has 0 radical (unpaired) electrons. The summed E-state index contributed by atoms with van der Waals surface area (Å²) in [5, 5.41) is 3.56. The molecular weight excluding hydrogens is 238 g/mol. The molecule has 0 amide bonds. The Hall–Kier alpha value is -1.29. The van der Waals surface area contributed by atoms with E-state index in [0.717, 1.165) is 31.1 Å². The van der Waals surface area contributed by atoms with E-state index in [4.69, 9.17) is 4.74 Å². The third kappa shape index (κ3) is 3.83. The Morgan fingerprint density at radius 1 is 1.47 bits per heavy atom. The van der Waals surface area contributed by atoms with E-state index in [0.29, 0.717) is 12.0 Å². The minimum atomic E-state index is 0.166. The number of hydrogen-bond acceptors (Lipinski definition) is 4. The second-order valence-corrected chi connectivity index (χ2v) is 5.80. The van der Waals surface area contributed by atoms with Crippen molar-refractivity contribution < 1.29 is 4.74 Å². The lowest BCUT2D eigenvalue weighted by atomic mass is 9.94. The molecule has 4 nitrogen and oxygen atoms in total. The maximum absolute atomic E-state index is 5.81. The molecule has 106 valence electrons. The molecule has 1 aliphatic heterocycles. The van der Waals surface area contributed by atoms with Crippen molar-refractivity contribution in [1.29, 1.82) is 0 Å². The number of anilines is 1. The van der Waals surface area contributed by atoms with Crippen LogP contribution in [0.5, 0.6) is 5.75 Å². The van der Waals surface area contributed by atoms with Gasteiger partial charge in [0.25, 0.3) is 0 Å². The van der Waals surface area contributed by atoms with Crippen LogP contribution in [0.1, 0.15) is 27.2 Å². The minimum absolute atomic E-state index is 0.166. The molecule has 4 heteroatoms. The van der Waals surface area contributed by atoms with Crippen molar-refractivity contribution in [1.82, 2.24) is 9.88 Å². The molecule has 2 unspecified atom stereocenters. The van der Waals surface area contributed by atoms with Gasteiger partial charge in [-0.2, -0.15) is 0 Å². The highest BCUT2D eigenvalue weighted by atomic mass is 16.5. The van der Waals surface area contributed by atoms with E-state index >= 15 is 0 Å². The molecule has 2 heterocycles. The van der Waals surface area contributed by atoms with E-state index in [1.165, 1.54) is 0 Å². The molecule has 0 aromatic carbocycles. The fourth-order valence-corrected chi connectivity index (χ4v) is 2.59. The van der Waals surface area contributed by atoms with Crippen LogP contribution >= 0.6 is 0 Å². The molecule has 19 heavy (non-hydrogen) atoms. The summed E-state index contributed by atoms with van der Waals surface area (Å²) in [5.41, 5.74) is 0. The predicted molar refractivity (Wildman–Crippen MR) is 78.7 cm³/mol. The van der Waals surface area contributed by atoms with E-state index in [-0.39, 0.29) is 6.10 Å². The maximum atomic E-state index is 5.81. The van der Waals surface area contributed by atoms with Crippen molar-refractivity contribution in [2.75, 3.05) is 25.5 Å². The summed E-state index contributed by atoms with van der Waals surface area (Å²) in [5.74, 6) is 2.34. The number of nitrogens with zero attached hydrogens (tertiary/aromatic N) is 2. The zero-order chi connectivity index (χ0) is 13.8. The van der Waals surface area contributed by atoms with Crippen LogP contribution in [0, 0.1) is 5.92 Å². The van der Waals surface area contributed by atoms with Gasteiger partial charge in [0.1, 0.15) is 0 Å². The summed E-state index contributed by atoms with van der Waals surface area (Å²) in [6.07, 6.45) is 3.13. The van der Waals surface area contributed by atoms with Gasteiger partial charge in [0, 0.05) is 18.8 Å². The molecular formula is C15H25N3O. The molecule has 1 saturated heterocycles. The SMILES string of the molecule is CC(C)Oc1cccnc1NC1CCN(C)CC1C. The van der Waals surface area contributed by atoms with Crippen molar-refractivity contribution in [2.45, 2.75) is 39.3 Å². The number of ether oxygens (including phenoxy) is 1. The van der Waals surface area contributed by atoms with Gasteiger partial charge in [0.05, 0.1) is 6.10 Å². The van der Waals surface area contributed by atoms with Crippen LogP contribution in [0.15, 0.2) is 18.3 Å². The van der Waals surface area contributed by atoms with Crippen molar-refractivity contribution in [3.05, 3.63) is 18.3 Å². The number of pyridine rings is 1. The highest BCUT2D eigenvalue weighted by Crippen LogP contribution is 2.26.